The van der Waals surface area contributed by atoms with Gasteiger partial charge in [0.1, 0.15) is 5.75 Å². The molecule has 0 fully saturated rings. The Kier molecular flexibility index (Phi) is 4.88. The van der Waals surface area contributed by atoms with Crippen molar-refractivity contribution in [1.82, 2.24) is 0 Å². The Morgan fingerprint density at radius 2 is 1.84 bits per heavy atom. The van der Waals surface area contributed by atoms with Crippen molar-refractivity contribution in [3.05, 3.63) is 59.7 Å². The van der Waals surface area contributed by atoms with Gasteiger partial charge in [0.05, 0.1) is 12.6 Å². The van der Waals surface area contributed by atoms with E-state index in [1.807, 2.05) is 31.2 Å². The molecule has 2 nitrogen and oxygen atoms in total. The van der Waals surface area contributed by atoms with Gasteiger partial charge >= 0.3 is 0 Å². The fourth-order valence-corrected chi connectivity index (χ4v) is 2.38. The lowest BCUT2D eigenvalue weighted by molar-refractivity contribution is 0.340. The summed E-state index contributed by atoms with van der Waals surface area (Å²) >= 11 is 1.73. The van der Waals surface area contributed by atoms with E-state index in [4.69, 9.17) is 10.5 Å². The Morgan fingerprint density at radius 1 is 1.11 bits per heavy atom. The summed E-state index contributed by atoms with van der Waals surface area (Å²) in [6.07, 6.45) is 2.07. The summed E-state index contributed by atoms with van der Waals surface area (Å²) in [6, 6.07) is 16.3. The van der Waals surface area contributed by atoms with E-state index < -0.39 is 0 Å². The van der Waals surface area contributed by atoms with Crippen LogP contribution in [0.1, 0.15) is 24.1 Å². The smallest absolute Gasteiger partial charge is 0.119 e. The maximum absolute atomic E-state index is 6.31. The molecule has 2 aromatic carbocycles. The molecule has 0 amide bonds. The highest BCUT2D eigenvalue weighted by atomic mass is 32.2. The van der Waals surface area contributed by atoms with Gasteiger partial charge in [-0.1, -0.05) is 24.3 Å². The van der Waals surface area contributed by atoms with E-state index in [0.29, 0.717) is 6.61 Å². The second kappa shape index (κ2) is 6.64. The van der Waals surface area contributed by atoms with Crippen LogP contribution in [0.15, 0.2) is 53.4 Å². The zero-order chi connectivity index (χ0) is 13.7. The lowest BCUT2D eigenvalue weighted by Crippen LogP contribution is -2.11. The molecular weight excluding hydrogens is 254 g/mol. The molecule has 100 valence electrons. The van der Waals surface area contributed by atoms with Crippen LogP contribution in [0.4, 0.5) is 0 Å². The van der Waals surface area contributed by atoms with Gasteiger partial charge in [0, 0.05) is 4.90 Å². The highest BCUT2D eigenvalue weighted by Crippen LogP contribution is 2.25. The Hall–Kier alpha value is -1.45. The molecule has 0 aliphatic heterocycles. The highest BCUT2D eigenvalue weighted by molar-refractivity contribution is 7.98. The fraction of sp³-hybridized carbons (Fsp3) is 0.250. The zero-order valence-corrected chi connectivity index (χ0v) is 12.1. The van der Waals surface area contributed by atoms with Crippen LogP contribution < -0.4 is 10.5 Å². The van der Waals surface area contributed by atoms with Crippen LogP contribution >= 0.6 is 11.8 Å². The van der Waals surface area contributed by atoms with Crippen molar-refractivity contribution >= 4 is 11.8 Å². The van der Waals surface area contributed by atoms with Gasteiger partial charge in [-0.05, 0) is 48.6 Å². The summed E-state index contributed by atoms with van der Waals surface area (Å²) in [5.41, 5.74) is 8.50. The van der Waals surface area contributed by atoms with E-state index in [2.05, 4.69) is 30.5 Å². The molecule has 19 heavy (non-hydrogen) atoms. The Labute approximate surface area is 119 Å². The molecule has 1 unspecified atom stereocenters. The molecule has 0 spiro atoms. The third kappa shape index (κ3) is 3.52. The van der Waals surface area contributed by atoms with Gasteiger partial charge in [0.15, 0.2) is 0 Å². The van der Waals surface area contributed by atoms with E-state index >= 15 is 0 Å². The van der Waals surface area contributed by atoms with Crippen LogP contribution in [0.25, 0.3) is 0 Å². The van der Waals surface area contributed by atoms with Crippen LogP contribution in [-0.4, -0.2) is 12.9 Å². The van der Waals surface area contributed by atoms with Gasteiger partial charge in [-0.2, -0.15) is 0 Å². The quantitative estimate of drug-likeness (QED) is 0.840. The predicted molar refractivity (Wildman–Crippen MR) is 81.9 cm³/mol. The lowest BCUT2D eigenvalue weighted by atomic mass is 9.99. The first kappa shape index (κ1) is 14.0. The van der Waals surface area contributed by atoms with E-state index in [9.17, 15) is 0 Å². The van der Waals surface area contributed by atoms with Gasteiger partial charge in [-0.25, -0.2) is 0 Å². The van der Waals surface area contributed by atoms with Crippen molar-refractivity contribution in [3.63, 3.8) is 0 Å². The predicted octanol–water partition coefficient (Wildman–Crippen LogP) is 3.86. The first-order valence-corrected chi connectivity index (χ1v) is 7.59. The van der Waals surface area contributed by atoms with E-state index in [-0.39, 0.29) is 6.04 Å². The molecule has 3 heteroatoms. The second-order valence-electron chi connectivity index (χ2n) is 4.26. The van der Waals surface area contributed by atoms with Crippen LogP contribution in [0, 0.1) is 0 Å². The summed E-state index contributed by atoms with van der Waals surface area (Å²) < 4.78 is 5.51. The molecule has 0 aliphatic carbocycles. The molecule has 1 atom stereocenters. The summed E-state index contributed by atoms with van der Waals surface area (Å²) in [5, 5.41) is 0. The summed E-state index contributed by atoms with van der Waals surface area (Å²) in [4.78, 5) is 1.25. The van der Waals surface area contributed by atoms with Crippen LogP contribution in [0.5, 0.6) is 5.75 Å². The normalized spacial score (nSPS) is 12.2. The number of thioether (sulfide) groups is 1. The summed E-state index contributed by atoms with van der Waals surface area (Å²) in [5.74, 6) is 0.871. The van der Waals surface area contributed by atoms with Crippen molar-refractivity contribution in [3.8, 4) is 5.75 Å². The molecular formula is C16H19NOS. The fourth-order valence-electron chi connectivity index (χ4n) is 1.97. The SMILES string of the molecule is CCOc1cccc(C(N)c2ccc(SC)cc2)c1. The van der Waals surface area contributed by atoms with Gasteiger partial charge < -0.3 is 10.5 Å². The Bertz CT molecular complexity index is 525. The number of benzene rings is 2. The maximum Gasteiger partial charge on any atom is 0.119 e. The molecule has 2 N–H and O–H groups in total. The van der Waals surface area contributed by atoms with Crippen molar-refractivity contribution < 1.29 is 4.74 Å². The van der Waals surface area contributed by atoms with Crippen LogP contribution in [0.2, 0.25) is 0 Å². The molecule has 0 aliphatic rings. The minimum absolute atomic E-state index is 0.115. The third-order valence-electron chi connectivity index (χ3n) is 3.00. The maximum atomic E-state index is 6.31. The molecule has 0 saturated heterocycles. The molecule has 0 aromatic heterocycles. The molecule has 0 bridgehead atoms. The first-order chi connectivity index (χ1) is 9.24. The highest BCUT2D eigenvalue weighted by Gasteiger charge is 2.09. The van der Waals surface area contributed by atoms with Crippen molar-refractivity contribution in [2.24, 2.45) is 5.73 Å². The molecule has 0 heterocycles. The second-order valence-corrected chi connectivity index (χ2v) is 5.14. The topological polar surface area (TPSA) is 35.2 Å². The largest absolute Gasteiger partial charge is 0.494 e. The number of nitrogens with two attached hydrogens (primary N) is 1. The summed E-state index contributed by atoms with van der Waals surface area (Å²) in [7, 11) is 0. The standard InChI is InChI=1S/C16H19NOS/c1-3-18-14-6-4-5-13(11-14)16(17)12-7-9-15(19-2)10-8-12/h4-11,16H,3,17H2,1-2H3. The Balaban J connectivity index is 2.22. The average Bonchev–Trinajstić information content (AvgIpc) is 2.47. The summed E-state index contributed by atoms with van der Waals surface area (Å²) in [6.45, 7) is 2.65. The molecule has 2 aromatic rings. The molecule has 2 rings (SSSR count). The van der Waals surface area contributed by atoms with Gasteiger partial charge in [-0.3, -0.25) is 0 Å². The van der Waals surface area contributed by atoms with Gasteiger partial charge in [-0.15, -0.1) is 11.8 Å². The lowest BCUT2D eigenvalue weighted by Gasteiger charge is -2.14. The number of ether oxygens (including phenoxy) is 1. The van der Waals surface area contributed by atoms with E-state index in [0.717, 1.165) is 16.9 Å². The number of rotatable bonds is 5. The minimum Gasteiger partial charge on any atom is -0.494 e. The zero-order valence-electron chi connectivity index (χ0n) is 11.3. The molecule has 0 radical (unpaired) electrons. The molecule has 0 saturated carbocycles. The average molecular weight is 273 g/mol. The van der Waals surface area contributed by atoms with E-state index in [1.165, 1.54) is 4.90 Å². The van der Waals surface area contributed by atoms with Crippen molar-refractivity contribution in [2.75, 3.05) is 12.9 Å². The van der Waals surface area contributed by atoms with Crippen molar-refractivity contribution in [1.29, 1.82) is 0 Å². The van der Waals surface area contributed by atoms with E-state index in [1.54, 1.807) is 11.8 Å². The van der Waals surface area contributed by atoms with Gasteiger partial charge in [0.25, 0.3) is 0 Å². The van der Waals surface area contributed by atoms with Crippen LogP contribution in [-0.2, 0) is 0 Å². The van der Waals surface area contributed by atoms with Crippen molar-refractivity contribution in [2.45, 2.75) is 17.9 Å². The number of hydrogen-bond acceptors (Lipinski definition) is 3. The monoisotopic (exact) mass is 273 g/mol. The van der Waals surface area contributed by atoms with Gasteiger partial charge in [0.2, 0.25) is 0 Å². The Morgan fingerprint density at radius 3 is 2.47 bits per heavy atom. The minimum atomic E-state index is -0.115. The van der Waals surface area contributed by atoms with Crippen LogP contribution in [0.3, 0.4) is 0 Å². The number of hydrogen-bond donors (Lipinski definition) is 1. The third-order valence-corrected chi connectivity index (χ3v) is 3.75. The first-order valence-electron chi connectivity index (χ1n) is 6.37.